The molecule has 0 aliphatic carbocycles. The Kier molecular flexibility index (Phi) is 6.03. The van der Waals surface area contributed by atoms with Crippen molar-refractivity contribution in [1.82, 2.24) is 10.2 Å². The van der Waals surface area contributed by atoms with Crippen molar-refractivity contribution in [3.8, 4) is 0 Å². The predicted molar refractivity (Wildman–Crippen MR) is 93.5 cm³/mol. The number of hydrogen-bond acceptors (Lipinski definition) is 3. The maximum atomic E-state index is 13.0. The highest BCUT2D eigenvalue weighted by atomic mass is 19.1. The Morgan fingerprint density at radius 1 is 1.20 bits per heavy atom. The molecule has 1 saturated heterocycles. The van der Waals surface area contributed by atoms with Gasteiger partial charge in [0.25, 0.3) is 0 Å². The van der Waals surface area contributed by atoms with E-state index in [0.717, 1.165) is 5.56 Å². The SMILES string of the molecule is C[C@H](NC(=O)C1CCN(C(=O)OC(C)(C)C)CC1)c1ccc(F)cc1. The van der Waals surface area contributed by atoms with Gasteiger partial charge in [-0.1, -0.05) is 12.1 Å². The number of benzene rings is 1. The molecule has 5 nitrogen and oxygen atoms in total. The summed E-state index contributed by atoms with van der Waals surface area (Å²) < 4.78 is 18.3. The Morgan fingerprint density at radius 3 is 2.28 bits per heavy atom. The van der Waals surface area contributed by atoms with Crippen molar-refractivity contribution in [1.29, 1.82) is 0 Å². The zero-order valence-corrected chi connectivity index (χ0v) is 15.3. The predicted octanol–water partition coefficient (Wildman–Crippen LogP) is 3.65. The van der Waals surface area contributed by atoms with Crippen LogP contribution in [0.1, 0.15) is 52.1 Å². The first-order chi connectivity index (χ1) is 11.7. The summed E-state index contributed by atoms with van der Waals surface area (Å²) in [6.45, 7) is 8.41. The topological polar surface area (TPSA) is 58.6 Å². The number of ether oxygens (including phenoxy) is 1. The van der Waals surface area contributed by atoms with E-state index in [4.69, 9.17) is 4.74 Å². The number of nitrogens with one attached hydrogen (secondary N) is 1. The average molecular weight is 350 g/mol. The smallest absolute Gasteiger partial charge is 0.410 e. The number of amides is 2. The summed E-state index contributed by atoms with van der Waals surface area (Å²) in [7, 11) is 0. The lowest BCUT2D eigenvalue weighted by Gasteiger charge is -2.33. The van der Waals surface area contributed by atoms with E-state index < -0.39 is 5.60 Å². The van der Waals surface area contributed by atoms with Crippen LogP contribution in [-0.4, -0.2) is 35.6 Å². The highest BCUT2D eigenvalue weighted by Gasteiger charge is 2.30. The van der Waals surface area contributed by atoms with Crippen LogP contribution in [0.4, 0.5) is 9.18 Å². The van der Waals surface area contributed by atoms with Crippen molar-refractivity contribution in [2.45, 2.75) is 52.2 Å². The normalized spacial score (nSPS) is 17.1. The molecule has 2 amide bonds. The molecule has 138 valence electrons. The second kappa shape index (κ2) is 7.85. The van der Waals surface area contributed by atoms with Crippen LogP contribution >= 0.6 is 0 Å². The lowest BCUT2D eigenvalue weighted by atomic mass is 9.95. The summed E-state index contributed by atoms with van der Waals surface area (Å²) in [5, 5.41) is 2.97. The van der Waals surface area contributed by atoms with Crippen LogP contribution in [0.3, 0.4) is 0 Å². The third kappa shape index (κ3) is 5.73. The monoisotopic (exact) mass is 350 g/mol. The number of nitrogens with zero attached hydrogens (tertiary/aromatic N) is 1. The molecule has 1 fully saturated rings. The summed E-state index contributed by atoms with van der Waals surface area (Å²) >= 11 is 0. The van der Waals surface area contributed by atoms with Crippen LogP contribution in [0, 0.1) is 11.7 Å². The van der Waals surface area contributed by atoms with Gasteiger partial charge in [-0.15, -0.1) is 0 Å². The second-order valence-corrected chi connectivity index (χ2v) is 7.52. The standard InChI is InChI=1S/C19H27FN2O3/c1-13(14-5-7-16(20)8-6-14)21-17(23)15-9-11-22(12-10-15)18(24)25-19(2,3)4/h5-8,13,15H,9-12H2,1-4H3,(H,21,23)/t13-/m0/s1. The molecule has 6 heteroatoms. The van der Waals surface area contributed by atoms with Crippen molar-refractivity contribution in [2.75, 3.05) is 13.1 Å². The molecule has 1 atom stereocenters. The number of carbonyl (C=O) groups is 2. The van der Waals surface area contributed by atoms with Gasteiger partial charge in [0.2, 0.25) is 5.91 Å². The van der Waals surface area contributed by atoms with E-state index in [0.29, 0.717) is 25.9 Å². The third-order valence-corrected chi connectivity index (χ3v) is 4.25. The number of carbonyl (C=O) groups excluding carboxylic acids is 2. The van der Waals surface area contributed by atoms with Crippen molar-refractivity contribution in [3.05, 3.63) is 35.6 Å². The summed E-state index contributed by atoms with van der Waals surface area (Å²) in [5.41, 5.74) is 0.344. The Morgan fingerprint density at radius 2 is 1.76 bits per heavy atom. The van der Waals surface area contributed by atoms with Crippen molar-refractivity contribution in [2.24, 2.45) is 5.92 Å². The fourth-order valence-electron chi connectivity index (χ4n) is 2.82. The molecule has 1 aliphatic heterocycles. The van der Waals surface area contributed by atoms with E-state index in [9.17, 15) is 14.0 Å². The Bertz CT molecular complexity index is 602. The van der Waals surface area contributed by atoms with E-state index in [1.807, 2.05) is 27.7 Å². The van der Waals surface area contributed by atoms with Gasteiger partial charge in [0.15, 0.2) is 0 Å². The molecule has 1 heterocycles. The van der Waals surface area contributed by atoms with Crippen molar-refractivity contribution in [3.63, 3.8) is 0 Å². The molecule has 2 rings (SSSR count). The first-order valence-corrected chi connectivity index (χ1v) is 8.69. The molecule has 0 bridgehead atoms. The number of halogens is 1. The molecule has 0 aromatic heterocycles. The quantitative estimate of drug-likeness (QED) is 0.905. The van der Waals surface area contributed by atoms with Crippen LogP contribution in [0.15, 0.2) is 24.3 Å². The van der Waals surface area contributed by atoms with E-state index in [1.165, 1.54) is 12.1 Å². The summed E-state index contributed by atoms with van der Waals surface area (Å²) in [6, 6.07) is 5.93. The van der Waals surface area contributed by atoms with Gasteiger partial charge in [-0.3, -0.25) is 4.79 Å². The Labute approximate surface area is 148 Å². The second-order valence-electron chi connectivity index (χ2n) is 7.52. The molecule has 1 N–H and O–H groups in total. The van der Waals surface area contributed by atoms with Gasteiger partial charge in [-0.2, -0.15) is 0 Å². The first kappa shape index (κ1) is 19.2. The maximum absolute atomic E-state index is 13.0. The van der Waals surface area contributed by atoms with Crippen LogP contribution < -0.4 is 5.32 Å². The van der Waals surface area contributed by atoms with Gasteiger partial charge < -0.3 is 15.0 Å². The fraction of sp³-hybridized carbons (Fsp3) is 0.579. The Hall–Kier alpha value is -2.11. The average Bonchev–Trinajstić information content (AvgIpc) is 2.54. The molecular weight excluding hydrogens is 323 g/mol. The highest BCUT2D eigenvalue weighted by Crippen LogP contribution is 2.21. The minimum atomic E-state index is -0.518. The first-order valence-electron chi connectivity index (χ1n) is 8.69. The molecule has 0 radical (unpaired) electrons. The van der Waals surface area contributed by atoms with Crippen molar-refractivity contribution >= 4 is 12.0 Å². The highest BCUT2D eigenvalue weighted by molar-refractivity contribution is 5.79. The maximum Gasteiger partial charge on any atom is 0.410 e. The molecular formula is C19H27FN2O3. The van der Waals surface area contributed by atoms with Crippen LogP contribution in [0.2, 0.25) is 0 Å². The van der Waals surface area contributed by atoms with Gasteiger partial charge in [-0.05, 0) is 58.2 Å². The zero-order valence-electron chi connectivity index (χ0n) is 15.3. The van der Waals surface area contributed by atoms with Gasteiger partial charge in [-0.25, -0.2) is 9.18 Å². The fourth-order valence-corrected chi connectivity index (χ4v) is 2.82. The van der Waals surface area contributed by atoms with Crippen molar-refractivity contribution < 1.29 is 18.7 Å². The van der Waals surface area contributed by atoms with Gasteiger partial charge in [0.05, 0.1) is 6.04 Å². The summed E-state index contributed by atoms with van der Waals surface area (Å²) in [6.07, 6.45) is 0.897. The lowest BCUT2D eigenvalue weighted by Crippen LogP contribution is -2.45. The van der Waals surface area contributed by atoms with Gasteiger partial charge in [0, 0.05) is 19.0 Å². The van der Waals surface area contributed by atoms with Crippen LogP contribution in [-0.2, 0) is 9.53 Å². The number of likely N-dealkylation sites (tertiary alicyclic amines) is 1. The minimum Gasteiger partial charge on any atom is -0.444 e. The number of hydrogen-bond donors (Lipinski definition) is 1. The van der Waals surface area contributed by atoms with Crippen LogP contribution in [0.5, 0.6) is 0 Å². The molecule has 1 aliphatic rings. The van der Waals surface area contributed by atoms with Gasteiger partial charge >= 0.3 is 6.09 Å². The Balaban J connectivity index is 1.82. The summed E-state index contributed by atoms with van der Waals surface area (Å²) in [5.74, 6) is -0.445. The van der Waals surface area contributed by atoms with E-state index in [2.05, 4.69) is 5.32 Å². The van der Waals surface area contributed by atoms with Gasteiger partial charge in [0.1, 0.15) is 11.4 Å². The van der Waals surface area contributed by atoms with E-state index >= 15 is 0 Å². The molecule has 1 aromatic carbocycles. The third-order valence-electron chi connectivity index (χ3n) is 4.25. The molecule has 0 spiro atoms. The van der Waals surface area contributed by atoms with E-state index in [-0.39, 0.29) is 29.8 Å². The minimum absolute atomic E-state index is 0.0272. The molecule has 0 saturated carbocycles. The zero-order chi connectivity index (χ0) is 18.6. The van der Waals surface area contributed by atoms with Crippen LogP contribution in [0.25, 0.3) is 0 Å². The largest absolute Gasteiger partial charge is 0.444 e. The lowest BCUT2D eigenvalue weighted by molar-refractivity contribution is -0.127. The van der Waals surface area contributed by atoms with E-state index in [1.54, 1.807) is 17.0 Å². The molecule has 0 unspecified atom stereocenters. The molecule has 25 heavy (non-hydrogen) atoms. The number of rotatable bonds is 3. The molecule has 1 aromatic rings. The summed E-state index contributed by atoms with van der Waals surface area (Å²) in [4.78, 5) is 26.1. The number of piperidine rings is 1.